The van der Waals surface area contributed by atoms with E-state index in [0.29, 0.717) is 13.2 Å². The van der Waals surface area contributed by atoms with Gasteiger partial charge in [-0.25, -0.2) is 0 Å². The van der Waals surface area contributed by atoms with Crippen molar-refractivity contribution >= 4 is 18.3 Å². The van der Waals surface area contributed by atoms with Gasteiger partial charge in [-0.15, -0.1) is 12.4 Å². The Kier molecular flexibility index (Phi) is 6.67. The number of aryl methyl sites for hydroxylation is 1. The molecule has 0 aromatic heterocycles. The summed E-state index contributed by atoms with van der Waals surface area (Å²) in [5.74, 6) is 0.964. The first kappa shape index (κ1) is 15.8. The molecule has 1 aromatic carbocycles. The Morgan fingerprint density at radius 3 is 2.95 bits per heavy atom. The average Bonchev–Trinajstić information content (AvgIpc) is 2.90. The van der Waals surface area contributed by atoms with Crippen LogP contribution in [0.25, 0.3) is 0 Å². The number of nitrogens with one attached hydrogen (secondary N) is 2. The number of rotatable bonds is 5. The van der Waals surface area contributed by atoms with Gasteiger partial charge in [-0.05, 0) is 37.9 Å². The fourth-order valence-electron chi connectivity index (χ4n) is 2.09. The van der Waals surface area contributed by atoms with Crippen molar-refractivity contribution in [2.24, 2.45) is 0 Å². The van der Waals surface area contributed by atoms with Crippen LogP contribution in [-0.4, -0.2) is 31.6 Å². The molecule has 0 saturated carbocycles. The lowest BCUT2D eigenvalue weighted by Gasteiger charge is -2.12. The van der Waals surface area contributed by atoms with Crippen molar-refractivity contribution in [3.63, 3.8) is 0 Å². The lowest BCUT2D eigenvalue weighted by molar-refractivity contribution is -0.122. The molecule has 1 amide bonds. The number of para-hydroxylation sites is 1. The summed E-state index contributed by atoms with van der Waals surface area (Å²) >= 11 is 0. The molecule has 1 aliphatic heterocycles. The molecule has 0 spiro atoms. The zero-order valence-corrected chi connectivity index (χ0v) is 12.0. The molecule has 1 atom stereocenters. The standard InChI is InChI=1S/C14H20N2O2.ClH/c1-11-5-2-3-7-13(11)18-10-9-16-14(17)12-6-4-8-15-12;/h2-3,5,7,12,15H,4,6,8-10H2,1H3,(H,16,17);1H. The first-order chi connectivity index (χ1) is 8.77. The summed E-state index contributed by atoms with van der Waals surface area (Å²) in [5.41, 5.74) is 1.11. The molecular formula is C14H21ClN2O2. The van der Waals surface area contributed by atoms with Gasteiger partial charge in [0.2, 0.25) is 5.91 Å². The van der Waals surface area contributed by atoms with Crippen LogP contribution >= 0.6 is 12.4 Å². The van der Waals surface area contributed by atoms with E-state index in [-0.39, 0.29) is 24.4 Å². The van der Waals surface area contributed by atoms with Gasteiger partial charge in [-0.3, -0.25) is 4.79 Å². The second-order valence-electron chi connectivity index (χ2n) is 4.55. The number of ether oxygens (including phenoxy) is 1. The second-order valence-corrected chi connectivity index (χ2v) is 4.55. The van der Waals surface area contributed by atoms with Gasteiger partial charge in [0.25, 0.3) is 0 Å². The molecule has 1 aromatic rings. The average molecular weight is 285 g/mol. The van der Waals surface area contributed by atoms with E-state index in [2.05, 4.69) is 10.6 Å². The highest BCUT2D eigenvalue weighted by Crippen LogP contribution is 2.15. The summed E-state index contributed by atoms with van der Waals surface area (Å²) in [5, 5.41) is 6.06. The Morgan fingerprint density at radius 2 is 2.26 bits per heavy atom. The Labute approximate surface area is 120 Å². The highest BCUT2D eigenvalue weighted by atomic mass is 35.5. The van der Waals surface area contributed by atoms with E-state index in [1.54, 1.807) is 0 Å². The fourth-order valence-corrected chi connectivity index (χ4v) is 2.09. The van der Waals surface area contributed by atoms with Crippen LogP contribution < -0.4 is 15.4 Å². The fraction of sp³-hybridized carbons (Fsp3) is 0.500. The van der Waals surface area contributed by atoms with Crippen LogP contribution in [-0.2, 0) is 4.79 Å². The van der Waals surface area contributed by atoms with Crippen molar-refractivity contribution in [2.75, 3.05) is 19.7 Å². The third-order valence-electron chi connectivity index (χ3n) is 3.13. The number of carbonyl (C=O) groups is 1. The summed E-state index contributed by atoms with van der Waals surface area (Å²) < 4.78 is 5.61. The van der Waals surface area contributed by atoms with E-state index >= 15 is 0 Å². The summed E-state index contributed by atoms with van der Waals surface area (Å²) in [6.07, 6.45) is 2.02. The normalized spacial score (nSPS) is 17.6. The minimum atomic E-state index is -0.0107. The van der Waals surface area contributed by atoms with Gasteiger partial charge in [0, 0.05) is 0 Å². The molecule has 2 N–H and O–H groups in total. The van der Waals surface area contributed by atoms with Gasteiger partial charge in [0.15, 0.2) is 0 Å². The quantitative estimate of drug-likeness (QED) is 0.809. The van der Waals surface area contributed by atoms with Crippen molar-refractivity contribution in [2.45, 2.75) is 25.8 Å². The minimum Gasteiger partial charge on any atom is -0.491 e. The highest BCUT2D eigenvalue weighted by Gasteiger charge is 2.21. The molecule has 1 heterocycles. The predicted octanol–water partition coefficient (Wildman–Crippen LogP) is 1.66. The van der Waals surface area contributed by atoms with Crippen molar-refractivity contribution < 1.29 is 9.53 Å². The first-order valence-electron chi connectivity index (χ1n) is 6.47. The first-order valence-corrected chi connectivity index (χ1v) is 6.47. The maximum absolute atomic E-state index is 11.7. The molecule has 0 radical (unpaired) electrons. The maximum atomic E-state index is 11.7. The molecule has 4 nitrogen and oxygen atoms in total. The van der Waals surface area contributed by atoms with Crippen LogP contribution in [0, 0.1) is 6.92 Å². The topological polar surface area (TPSA) is 50.4 Å². The lowest BCUT2D eigenvalue weighted by Crippen LogP contribution is -2.41. The van der Waals surface area contributed by atoms with E-state index in [4.69, 9.17) is 4.74 Å². The van der Waals surface area contributed by atoms with Crippen LogP contribution in [0.2, 0.25) is 0 Å². The molecule has 0 bridgehead atoms. The number of hydrogen-bond donors (Lipinski definition) is 2. The Balaban J connectivity index is 0.00000180. The molecule has 1 aliphatic rings. The van der Waals surface area contributed by atoms with E-state index < -0.39 is 0 Å². The third-order valence-corrected chi connectivity index (χ3v) is 3.13. The van der Waals surface area contributed by atoms with Gasteiger partial charge in [0.1, 0.15) is 12.4 Å². The number of hydrogen-bond acceptors (Lipinski definition) is 3. The van der Waals surface area contributed by atoms with Gasteiger partial charge >= 0.3 is 0 Å². The number of amides is 1. The summed E-state index contributed by atoms with van der Waals surface area (Å²) in [6.45, 7) is 4.00. The Morgan fingerprint density at radius 1 is 1.47 bits per heavy atom. The molecule has 1 fully saturated rings. The number of carbonyl (C=O) groups excluding carboxylic acids is 1. The van der Waals surface area contributed by atoms with Crippen LogP contribution in [0.4, 0.5) is 0 Å². The Bertz CT molecular complexity index is 406. The van der Waals surface area contributed by atoms with Crippen molar-refractivity contribution in [3.8, 4) is 5.75 Å². The van der Waals surface area contributed by atoms with Crippen LogP contribution in [0.15, 0.2) is 24.3 Å². The van der Waals surface area contributed by atoms with E-state index in [0.717, 1.165) is 30.7 Å². The largest absolute Gasteiger partial charge is 0.491 e. The van der Waals surface area contributed by atoms with E-state index in [1.807, 2.05) is 31.2 Å². The van der Waals surface area contributed by atoms with Gasteiger partial charge in [-0.2, -0.15) is 0 Å². The highest BCUT2D eigenvalue weighted by molar-refractivity contribution is 5.85. The zero-order valence-electron chi connectivity index (χ0n) is 11.1. The third kappa shape index (κ3) is 4.73. The minimum absolute atomic E-state index is 0. The van der Waals surface area contributed by atoms with Crippen LogP contribution in [0.5, 0.6) is 5.75 Å². The summed E-state index contributed by atoms with van der Waals surface area (Å²) in [4.78, 5) is 11.7. The maximum Gasteiger partial charge on any atom is 0.237 e. The van der Waals surface area contributed by atoms with Crippen molar-refractivity contribution in [1.82, 2.24) is 10.6 Å². The monoisotopic (exact) mass is 284 g/mol. The molecular weight excluding hydrogens is 264 g/mol. The smallest absolute Gasteiger partial charge is 0.237 e. The van der Waals surface area contributed by atoms with Crippen molar-refractivity contribution in [1.29, 1.82) is 0 Å². The van der Waals surface area contributed by atoms with Crippen LogP contribution in [0.3, 0.4) is 0 Å². The molecule has 1 saturated heterocycles. The predicted molar refractivity (Wildman–Crippen MR) is 78.0 cm³/mol. The summed E-state index contributed by atoms with van der Waals surface area (Å²) in [6, 6.07) is 7.87. The number of benzene rings is 1. The molecule has 106 valence electrons. The second kappa shape index (κ2) is 8.02. The van der Waals surface area contributed by atoms with Gasteiger partial charge in [0.05, 0.1) is 12.6 Å². The van der Waals surface area contributed by atoms with E-state index in [9.17, 15) is 4.79 Å². The molecule has 19 heavy (non-hydrogen) atoms. The summed E-state index contributed by atoms with van der Waals surface area (Å²) in [7, 11) is 0. The molecule has 0 aliphatic carbocycles. The zero-order chi connectivity index (χ0) is 12.8. The van der Waals surface area contributed by atoms with Crippen LogP contribution in [0.1, 0.15) is 18.4 Å². The van der Waals surface area contributed by atoms with Gasteiger partial charge in [-0.1, -0.05) is 18.2 Å². The van der Waals surface area contributed by atoms with E-state index in [1.165, 1.54) is 0 Å². The molecule has 1 unspecified atom stereocenters. The van der Waals surface area contributed by atoms with Crippen molar-refractivity contribution in [3.05, 3.63) is 29.8 Å². The number of halogens is 1. The van der Waals surface area contributed by atoms with Gasteiger partial charge < -0.3 is 15.4 Å². The molecule has 5 heteroatoms. The SMILES string of the molecule is Cc1ccccc1OCCNC(=O)C1CCCN1.Cl. The Hall–Kier alpha value is -1.26. The molecule has 2 rings (SSSR count). The lowest BCUT2D eigenvalue weighted by atomic mass is 10.2.